The molecule has 2 aromatic carbocycles. The first-order valence-corrected chi connectivity index (χ1v) is 9.62. The summed E-state index contributed by atoms with van der Waals surface area (Å²) in [6.07, 6.45) is 2.63. The van der Waals surface area contributed by atoms with Crippen molar-refractivity contribution in [2.75, 3.05) is 25.1 Å². The third-order valence-electron chi connectivity index (χ3n) is 4.88. The molecular weight excluding hydrogens is 340 g/mol. The van der Waals surface area contributed by atoms with E-state index < -0.39 is 6.10 Å². The molecule has 27 heavy (non-hydrogen) atoms. The van der Waals surface area contributed by atoms with E-state index in [1.807, 2.05) is 31.2 Å². The van der Waals surface area contributed by atoms with E-state index in [0.29, 0.717) is 18.7 Å². The summed E-state index contributed by atoms with van der Waals surface area (Å²) in [6, 6.07) is 15.7. The van der Waals surface area contributed by atoms with Gasteiger partial charge in [-0.25, -0.2) is 0 Å². The zero-order valence-electron chi connectivity index (χ0n) is 16.1. The number of benzene rings is 2. The molecule has 1 N–H and O–H groups in total. The van der Waals surface area contributed by atoms with Crippen LogP contribution in [0.1, 0.15) is 31.7 Å². The molecule has 5 heteroatoms. The number of nitrogens with one attached hydrogen (secondary N) is 1. The molecule has 1 aliphatic heterocycles. The summed E-state index contributed by atoms with van der Waals surface area (Å²) < 4.78 is 11.0. The second-order valence-electron chi connectivity index (χ2n) is 6.77. The van der Waals surface area contributed by atoms with Gasteiger partial charge >= 0.3 is 0 Å². The second-order valence-corrected chi connectivity index (χ2v) is 6.77. The van der Waals surface area contributed by atoms with Crippen LogP contribution in [0.4, 0.5) is 5.69 Å². The quantitative estimate of drug-likeness (QED) is 0.771. The van der Waals surface area contributed by atoms with E-state index in [0.717, 1.165) is 24.4 Å². The van der Waals surface area contributed by atoms with Crippen LogP contribution in [0, 0.1) is 0 Å². The zero-order chi connectivity index (χ0) is 19.1. The van der Waals surface area contributed by atoms with Crippen LogP contribution >= 0.6 is 0 Å². The Morgan fingerprint density at radius 2 is 1.67 bits per heavy atom. The fraction of sp³-hybridized carbons (Fsp3) is 0.409. The number of amides is 1. The van der Waals surface area contributed by atoms with E-state index in [4.69, 9.17) is 9.47 Å². The molecule has 0 radical (unpaired) electrons. The Bertz CT molecular complexity index is 722. The molecule has 1 fully saturated rings. The van der Waals surface area contributed by atoms with E-state index >= 15 is 0 Å². The lowest BCUT2D eigenvalue weighted by Crippen LogP contribution is -2.37. The first-order valence-electron chi connectivity index (χ1n) is 9.62. The van der Waals surface area contributed by atoms with Gasteiger partial charge in [0.15, 0.2) is 6.10 Å². The first-order chi connectivity index (χ1) is 13.2. The third kappa shape index (κ3) is 5.16. The van der Waals surface area contributed by atoms with Crippen molar-refractivity contribution in [2.45, 2.75) is 38.8 Å². The van der Waals surface area contributed by atoms with Crippen LogP contribution in [0.3, 0.4) is 0 Å². The summed E-state index contributed by atoms with van der Waals surface area (Å²) in [7, 11) is 1.62. The van der Waals surface area contributed by atoms with Gasteiger partial charge in [0.1, 0.15) is 11.5 Å². The highest BCUT2D eigenvalue weighted by molar-refractivity contribution is 5.81. The van der Waals surface area contributed by atoms with E-state index in [1.165, 1.54) is 18.5 Å². The van der Waals surface area contributed by atoms with Crippen LogP contribution in [0.5, 0.6) is 11.5 Å². The molecule has 0 aromatic heterocycles. The van der Waals surface area contributed by atoms with Crippen molar-refractivity contribution in [1.29, 1.82) is 0 Å². The Kier molecular flexibility index (Phi) is 6.58. The van der Waals surface area contributed by atoms with Crippen LogP contribution in [0.25, 0.3) is 0 Å². The molecule has 0 saturated carbocycles. The minimum Gasteiger partial charge on any atom is -0.497 e. The van der Waals surface area contributed by atoms with E-state index in [9.17, 15) is 4.79 Å². The highest BCUT2D eigenvalue weighted by atomic mass is 16.5. The van der Waals surface area contributed by atoms with Gasteiger partial charge in [-0.05, 0) is 61.2 Å². The van der Waals surface area contributed by atoms with Gasteiger partial charge in [0, 0.05) is 25.3 Å². The van der Waals surface area contributed by atoms with Gasteiger partial charge < -0.3 is 19.7 Å². The Morgan fingerprint density at radius 3 is 2.26 bits per heavy atom. The van der Waals surface area contributed by atoms with Crippen molar-refractivity contribution in [3.05, 3.63) is 54.1 Å². The van der Waals surface area contributed by atoms with Gasteiger partial charge in [0.2, 0.25) is 0 Å². The van der Waals surface area contributed by atoms with Gasteiger partial charge in [0.25, 0.3) is 5.91 Å². The maximum atomic E-state index is 12.5. The van der Waals surface area contributed by atoms with Crippen molar-refractivity contribution < 1.29 is 14.3 Å². The van der Waals surface area contributed by atoms with Gasteiger partial charge in [-0.15, -0.1) is 0 Å². The zero-order valence-corrected chi connectivity index (χ0v) is 16.1. The molecule has 1 aliphatic rings. The number of hydrogen-bond acceptors (Lipinski definition) is 4. The summed E-state index contributed by atoms with van der Waals surface area (Å²) in [6.45, 7) is 4.72. The fourth-order valence-corrected chi connectivity index (χ4v) is 3.24. The smallest absolute Gasteiger partial charge is 0.261 e. The van der Waals surface area contributed by atoms with Gasteiger partial charge in [-0.3, -0.25) is 4.79 Å². The van der Waals surface area contributed by atoms with Gasteiger partial charge in [-0.1, -0.05) is 19.1 Å². The van der Waals surface area contributed by atoms with E-state index in [2.05, 4.69) is 34.5 Å². The number of rotatable bonds is 8. The SMILES string of the molecule is CC[C@H](Oc1ccc(OC)cc1)C(=O)NCc1ccc(N2CCCC2)cc1. The molecule has 144 valence electrons. The van der Waals surface area contributed by atoms with Crippen molar-refractivity contribution in [2.24, 2.45) is 0 Å². The largest absolute Gasteiger partial charge is 0.497 e. The van der Waals surface area contributed by atoms with Crippen LogP contribution in [-0.2, 0) is 11.3 Å². The lowest BCUT2D eigenvalue weighted by molar-refractivity contribution is -0.128. The Morgan fingerprint density at radius 1 is 1.04 bits per heavy atom. The van der Waals surface area contributed by atoms with Crippen molar-refractivity contribution in [1.82, 2.24) is 5.32 Å². The Hall–Kier alpha value is -2.69. The normalized spacial score (nSPS) is 14.7. The topological polar surface area (TPSA) is 50.8 Å². The average molecular weight is 368 g/mol. The Balaban J connectivity index is 1.51. The highest BCUT2D eigenvalue weighted by Crippen LogP contribution is 2.21. The monoisotopic (exact) mass is 368 g/mol. The van der Waals surface area contributed by atoms with E-state index in [1.54, 1.807) is 7.11 Å². The number of carbonyl (C=O) groups is 1. The number of anilines is 1. The molecule has 0 bridgehead atoms. The van der Waals surface area contributed by atoms with E-state index in [-0.39, 0.29) is 5.91 Å². The minimum absolute atomic E-state index is 0.100. The number of nitrogens with zero attached hydrogens (tertiary/aromatic N) is 1. The number of ether oxygens (including phenoxy) is 2. The fourth-order valence-electron chi connectivity index (χ4n) is 3.24. The molecule has 0 aliphatic carbocycles. The van der Waals surface area contributed by atoms with Crippen molar-refractivity contribution >= 4 is 11.6 Å². The summed E-state index contributed by atoms with van der Waals surface area (Å²) in [4.78, 5) is 14.9. The summed E-state index contributed by atoms with van der Waals surface area (Å²) >= 11 is 0. The number of hydrogen-bond donors (Lipinski definition) is 1. The van der Waals surface area contributed by atoms with Gasteiger partial charge in [0.05, 0.1) is 7.11 Å². The lowest BCUT2D eigenvalue weighted by Gasteiger charge is -2.19. The summed E-state index contributed by atoms with van der Waals surface area (Å²) in [5, 5.41) is 2.98. The predicted molar refractivity (Wildman–Crippen MR) is 107 cm³/mol. The molecular formula is C22H28N2O3. The standard InChI is InChI=1S/C22H28N2O3/c1-3-21(27-20-12-10-19(26-2)11-13-20)22(25)23-16-17-6-8-18(9-7-17)24-14-4-5-15-24/h6-13,21H,3-5,14-16H2,1-2H3,(H,23,25)/t21-/m0/s1. The molecule has 1 amide bonds. The lowest BCUT2D eigenvalue weighted by atomic mass is 10.2. The van der Waals surface area contributed by atoms with Crippen LogP contribution in [-0.4, -0.2) is 32.2 Å². The summed E-state index contributed by atoms with van der Waals surface area (Å²) in [5.41, 5.74) is 2.35. The maximum absolute atomic E-state index is 12.5. The molecule has 2 aromatic rings. The molecule has 0 spiro atoms. The molecule has 1 saturated heterocycles. The summed E-state index contributed by atoms with van der Waals surface area (Å²) in [5.74, 6) is 1.32. The predicted octanol–water partition coefficient (Wildman–Crippen LogP) is 3.77. The van der Waals surface area contributed by atoms with Crippen molar-refractivity contribution in [3.63, 3.8) is 0 Å². The maximum Gasteiger partial charge on any atom is 0.261 e. The first kappa shape index (κ1) is 19.1. The van der Waals surface area contributed by atoms with Crippen LogP contribution < -0.4 is 19.7 Å². The number of carbonyl (C=O) groups excluding carboxylic acids is 1. The third-order valence-corrected chi connectivity index (χ3v) is 4.88. The molecule has 1 atom stereocenters. The highest BCUT2D eigenvalue weighted by Gasteiger charge is 2.18. The molecule has 5 nitrogen and oxygen atoms in total. The van der Waals surface area contributed by atoms with Crippen LogP contribution in [0.15, 0.2) is 48.5 Å². The van der Waals surface area contributed by atoms with Gasteiger partial charge in [-0.2, -0.15) is 0 Å². The molecule has 0 unspecified atom stereocenters. The number of methoxy groups -OCH3 is 1. The molecule has 3 rings (SSSR count). The van der Waals surface area contributed by atoms with Crippen LogP contribution in [0.2, 0.25) is 0 Å². The minimum atomic E-state index is -0.512. The van der Waals surface area contributed by atoms with Crippen molar-refractivity contribution in [3.8, 4) is 11.5 Å². The Labute approximate surface area is 161 Å². The molecule has 1 heterocycles. The average Bonchev–Trinajstić information content (AvgIpc) is 3.26. The second kappa shape index (κ2) is 9.31.